The number of hydrogen-bond donors (Lipinski definition) is 3. The minimum absolute atomic E-state index is 0.107. The first kappa shape index (κ1) is 24.9. The summed E-state index contributed by atoms with van der Waals surface area (Å²) in [6.45, 7) is 0. The van der Waals surface area contributed by atoms with E-state index in [2.05, 4.69) is 16.0 Å². The van der Waals surface area contributed by atoms with Gasteiger partial charge in [0, 0.05) is 11.8 Å². The molecular formula is C22H17Cl3FN3O3S. The van der Waals surface area contributed by atoms with E-state index in [9.17, 15) is 9.18 Å². The Hall–Kier alpha value is -2.78. The third kappa shape index (κ3) is 5.97. The van der Waals surface area contributed by atoms with Gasteiger partial charge in [-0.15, -0.1) is 0 Å². The van der Waals surface area contributed by atoms with E-state index in [1.165, 1.54) is 44.6 Å². The molecule has 0 aliphatic heterocycles. The summed E-state index contributed by atoms with van der Waals surface area (Å²) in [5.41, 5.74) is 0.968. The average molecular weight is 529 g/mol. The van der Waals surface area contributed by atoms with Crippen LogP contribution in [0, 0.1) is 5.82 Å². The van der Waals surface area contributed by atoms with Gasteiger partial charge in [-0.2, -0.15) is 0 Å². The highest BCUT2D eigenvalue weighted by Crippen LogP contribution is 2.37. The molecule has 0 aliphatic rings. The smallest absolute Gasteiger partial charge is 0.258 e. The Morgan fingerprint density at radius 1 is 0.879 bits per heavy atom. The number of carbonyl (C=O) groups excluding carboxylic acids is 1. The van der Waals surface area contributed by atoms with Crippen molar-refractivity contribution in [2.24, 2.45) is 0 Å². The summed E-state index contributed by atoms with van der Waals surface area (Å²) in [4.78, 5) is 12.3. The molecular weight excluding hydrogens is 512 g/mol. The van der Waals surface area contributed by atoms with Crippen molar-refractivity contribution in [2.45, 2.75) is 0 Å². The number of anilines is 3. The lowest BCUT2D eigenvalue weighted by Gasteiger charge is -2.17. The third-order valence-electron chi connectivity index (χ3n) is 4.38. The van der Waals surface area contributed by atoms with Gasteiger partial charge in [0.25, 0.3) is 5.91 Å². The van der Waals surface area contributed by atoms with Gasteiger partial charge in [-0.1, -0.05) is 46.9 Å². The van der Waals surface area contributed by atoms with Crippen LogP contribution in [0.25, 0.3) is 0 Å². The fraction of sp³-hybridized carbons (Fsp3) is 0.0909. The molecule has 33 heavy (non-hydrogen) atoms. The molecule has 0 aromatic heterocycles. The van der Waals surface area contributed by atoms with Crippen LogP contribution in [-0.4, -0.2) is 25.2 Å². The lowest BCUT2D eigenvalue weighted by atomic mass is 10.2. The van der Waals surface area contributed by atoms with E-state index < -0.39 is 11.7 Å². The van der Waals surface area contributed by atoms with E-state index in [-0.39, 0.29) is 26.4 Å². The van der Waals surface area contributed by atoms with E-state index in [4.69, 9.17) is 56.5 Å². The summed E-state index contributed by atoms with van der Waals surface area (Å²) in [5, 5.41) is 9.29. The van der Waals surface area contributed by atoms with Crippen LogP contribution >= 0.6 is 47.0 Å². The number of carbonyl (C=O) groups is 1. The van der Waals surface area contributed by atoms with Gasteiger partial charge in [0.05, 0.1) is 46.2 Å². The normalized spacial score (nSPS) is 10.4. The largest absolute Gasteiger partial charge is 0.495 e. The molecule has 0 unspecified atom stereocenters. The Labute approximate surface area is 209 Å². The van der Waals surface area contributed by atoms with Crippen molar-refractivity contribution in [3.63, 3.8) is 0 Å². The lowest BCUT2D eigenvalue weighted by Crippen LogP contribution is -2.20. The molecule has 0 heterocycles. The molecule has 3 N–H and O–H groups in total. The van der Waals surface area contributed by atoms with Gasteiger partial charge in [0.2, 0.25) is 0 Å². The van der Waals surface area contributed by atoms with Gasteiger partial charge >= 0.3 is 0 Å². The molecule has 0 aliphatic carbocycles. The van der Waals surface area contributed by atoms with Crippen molar-refractivity contribution in [1.82, 2.24) is 0 Å². The lowest BCUT2D eigenvalue weighted by molar-refractivity contribution is 0.102. The Kier molecular flexibility index (Phi) is 8.20. The molecule has 0 saturated heterocycles. The van der Waals surface area contributed by atoms with Crippen LogP contribution < -0.4 is 25.4 Å². The first-order chi connectivity index (χ1) is 15.7. The molecule has 3 rings (SSSR count). The zero-order valence-corrected chi connectivity index (χ0v) is 20.3. The Morgan fingerprint density at radius 2 is 1.52 bits per heavy atom. The second kappa shape index (κ2) is 10.9. The molecule has 6 nitrogen and oxygen atoms in total. The van der Waals surface area contributed by atoms with Crippen LogP contribution in [0.5, 0.6) is 11.5 Å². The predicted octanol–water partition coefficient (Wildman–Crippen LogP) is 6.86. The molecule has 1 amide bonds. The summed E-state index contributed by atoms with van der Waals surface area (Å²) in [6.07, 6.45) is 0. The molecule has 3 aromatic carbocycles. The third-order valence-corrected chi connectivity index (χ3v) is 5.47. The summed E-state index contributed by atoms with van der Waals surface area (Å²) < 4.78 is 24.3. The van der Waals surface area contributed by atoms with Gasteiger partial charge in [-0.25, -0.2) is 4.39 Å². The number of halogens is 4. The van der Waals surface area contributed by atoms with Crippen LogP contribution in [0.1, 0.15) is 10.4 Å². The molecule has 172 valence electrons. The summed E-state index contributed by atoms with van der Waals surface area (Å²) in [7, 11) is 2.98. The van der Waals surface area contributed by atoms with Crippen LogP contribution in [0.4, 0.5) is 21.5 Å². The highest BCUT2D eigenvalue weighted by atomic mass is 35.5. The summed E-state index contributed by atoms with van der Waals surface area (Å²) >= 11 is 24.2. The first-order valence-electron chi connectivity index (χ1n) is 9.28. The number of nitrogens with one attached hydrogen (secondary N) is 3. The van der Waals surface area contributed by atoms with E-state index in [0.717, 1.165) is 0 Å². The van der Waals surface area contributed by atoms with E-state index in [1.54, 1.807) is 18.2 Å². The topological polar surface area (TPSA) is 71.6 Å². The Bertz CT molecular complexity index is 1200. The SMILES string of the molecule is COc1cc(OC)c(NC(=S)Nc2c(Cl)cc(NC(=O)c3ccccc3F)cc2Cl)cc1Cl. The Morgan fingerprint density at radius 3 is 2.12 bits per heavy atom. The number of thiocarbonyl (C=S) groups is 1. The van der Waals surface area contributed by atoms with Crippen molar-refractivity contribution >= 4 is 75.1 Å². The highest BCUT2D eigenvalue weighted by Gasteiger charge is 2.16. The minimum Gasteiger partial charge on any atom is -0.495 e. The Balaban J connectivity index is 1.76. The van der Waals surface area contributed by atoms with Crippen LogP contribution in [0.15, 0.2) is 48.5 Å². The molecule has 0 saturated carbocycles. The standard InChI is InChI=1S/C22H17Cl3FN3O3S/c1-31-18-10-19(32-2)17(9-13(18)23)28-22(33)29-20-14(24)7-11(8-15(20)25)27-21(30)12-5-3-4-6-16(12)26/h3-10H,1-2H3,(H,27,30)(H2,28,29,33). The number of hydrogen-bond acceptors (Lipinski definition) is 4. The quantitative estimate of drug-likeness (QED) is 0.304. The molecule has 0 spiro atoms. The number of rotatable bonds is 6. The molecule has 0 bridgehead atoms. The maximum absolute atomic E-state index is 13.8. The maximum Gasteiger partial charge on any atom is 0.258 e. The zero-order valence-electron chi connectivity index (χ0n) is 17.3. The number of methoxy groups -OCH3 is 2. The van der Waals surface area contributed by atoms with Crippen molar-refractivity contribution in [3.8, 4) is 11.5 Å². The molecule has 0 radical (unpaired) electrons. The van der Waals surface area contributed by atoms with E-state index in [1.807, 2.05) is 0 Å². The monoisotopic (exact) mass is 527 g/mol. The van der Waals surface area contributed by atoms with Gasteiger partial charge in [0.15, 0.2) is 5.11 Å². The zero-order chi connectivity index (χ0) is 24.1. The maximum atomic E-state index is 13.8. The van der Waals surface area contributed by atoms with Crippen LogP contribution in [-0.2, 0) is 0 Å². The second-order valence-corrected chi connectivity index (χ2v) is 8.14. The molecule has 3 aromatic rings. The minimum atomic E-state index is -0.643. The highest BCUT2D eigenvalue weighted by molar-refractivity contribution is 7.80. The summed E-state index contributed by atoms with van der Waals surface area (Å²) in [5.74, 6) is -0.390. The van der Waals surface area contributed by atoms with E-state index in [0.29, 0.717) is 27.9 Å². The fourth-order valence-electron chi connectivity index (χ4n) is 2.83. The predicted molar refractivity (Wildman–Crippen MR) is 135 cm³/mol. The molecule has 0 fully saturated rings. The van der Waals surface area contributed by atoms with Gasteiger partial charge < -0.3 is 25.4 Å². The van der Waals surface area contributed by atoms with Crippen molar-refractivity contribution in [3.05, 3.63) is 75.0 Å². The van der Waals surface area contributed by atoms with Crippen molar-refractivity contribution in [1.29, 1.82) is 0 Å². The van der Waals surface area contributed by atoms with Crippen molar-refractivity contribution < 1.29 is 18.7 Å². The fourth-order valence-corrected chi connectivity index (χ4v) is 3.87. The van der Waals surface area contributed by atoms with Gasteiger partial charge in [0.1, 0.15) is 17.3 Å². The summed E-state index contributed by atoms with van der Waals surface area (Å²) in [6, 6.07) is 11.7. The second-order valence-electron chi connectivity index (χ2n) is 6.52. The van der Waals surface area contributed by atoms with Gasteiger partial charge in [-0.3, -0.25) is 4.79 Å². The number of amides is 1. The number of ether oxygens (including phenoxy) is 2. The molecule has 0 atom stereocenters. The van der Waals surface area contributed by atoms with Gasteiger partial charge in [-0.05, 0) is 42.5 Å². The van der Waals surface area contributed by atoms with Crippen LogP contribution in [0.3, 0.4) is 0 Å². The van der Waals surface area contributed by atoms with E-state index >= 15 is 0 Å². The molecule has 11 heteroatoms. The number of benzene rings is 3. The average Bonchev–Trinajstić information content (AvgIpc) is 2.76. The van der Waals surface area contributed by atoms with Crippen LogP contribution in [0.2, 0.25) is 15.1 Å². The first-order valence-corrected chi connectivity index (χ1v) is 10.8. The van der Waals surface area contributed by atoms with Crippen molar-refractivity contribution in [2.75, 3.05) is 30.2 Å².